The van der Waals surface area contributed by atoms with Gasteiger partial charge in [0.1, 0.15) is 4.21 Å². The molecule has 8 heteroatoms. The first-order chi connectivity index (χ1) is 13.4. The lowest BCUT2D eigenvalue weighted by Crippen LogP contribution is -2.44. The first kappa shape index (κ1) is 20.1. The molecule has 150 valence electrons. The SMILES string of the molecule is O=C(C1CCN(S(=O)(=O)c2cccs2)CC1)N(Cc1cccc(Br)c1)C1CC1. The van der Waals surface area contributed by atoms with E-state index in [2.05, 4.69) is 22.0 Å². The highest BCUT2D eigenvalue weighted by molar-refractivity contribution is 9.10. The van der Waals surface area contributed by atoms with E-state index in [0.717, 1.165) is 22.9 Å². The summed E-state index contributed by atoms with van der Waals surface area (Å²) in [5.41, 5.74) is 1.12. The van der Waals surface area contributed by atoms with Crippen molar-refractivity contribution in [3.8, 4) is 0 Å². The molecule has 28 heavy (non-hydrogen) atoms. The molecule has 0 radical (unpaired) electrons. The van der Waals surface area contributed by atoms with E-state index in [-0.39, 0.29) is 11.8 Å². The van der Waals surface area contributed by atoms with Gasteiger partial charge in [-0.1, -0.05) is 34.1 Å². The summed E-state index contributed by atoms with van der Waals surface area (Å²) in [5, 5.41) is 1.78. The average molecular weight is 483 g/mol. The Morgan fingerprint density at radius 3 is 2.50 bits per heavy atom. The van der Waals surface area contributed by atoms with Gasteiger partial charge in [0, 0.05) is 36.1 Å². The summed E-state index contributed by atoms with van der Waals surface area (Å²) in [7, 11) is -3.42. The highest BCUT2D eigenvalue weighted by atomic mass is 79.9. The number of rotatable bonds is 6. The van der Waals surface area contributed by atoms with Crippen LogP contribution in [-0.4, -0.2) is 42.7 Å². The lowest BCUT2D eigenvalue weighted by Gasteiger charge is -2.33. The smallest absolute Gasteiger partial charge is 0.252 e. The molecular formula is C20H23BrN2O3S2. The molecule has 1 aromatic carbocycles. The van der Waals surface area contributed by atoms with Crippen LogP contribution in [0, 0.1) is 5.92 Å². The molecule has 2 aliphatic rings. The van der Waals surface area contributed by atoms with Gasteiger partial charge in [0.05, 0.1) is 0 Å². The van der Waals surface area contributed by atoms with Crippen molar-refractivity contribution >= 4 is 43.2 Å². The van der Waals surface area contributed by atoms with Crippen molar-refractivity contribution in [1.82, 2.24) is 9.21 Å². The molecule has 1 aliphatic heterocycles. The van der Waals surface area contributed by atoms with Crippen LogP contribution in [0.25, 0.3) is 0 Å². The number of amides is 1. The molecule has 2 aromatic rings. The number of sulfonamides is 1. The Labute approximate surface area is 178 Å². The number of piperidine rings is 1. The number of carbonyl (C=O) groups is 1. The van der Waals surface area contributed by atoms with Crippen molar-refractivity contribution in [3.05, 3.63) is 51.8 Å². The largest absolute Gasteiger partial charge is 0.335 e. The molecule has 0 atom stereocenters. The second-order valence-corrected chi connectivity index (χ2v) is 11.5. The Hall–Kier alpha value is -1.22. The molecular weight excluding hydrogens is 460 g/mol. The zero-order chi connectivity index (χ0) is 19.7. The van der Waals surface area contributed by atoms with E-state index in [1.54, 1.807) is 17.5 Å². The molecule has 1 aromatic heterocycles. The second kappa shape index (κ2) is 8.26. The van der Waals surface area contributed by atoms with Crippen LogP contribution in [0.15, 0.2) is 50.5 Å². The second-order valence-electron chi connectivity index (χ2n) is 7.44. The summed E-state index contributed by atoms with van der Waals surface area (Å²) in [5.74, 6) is 0.0817. The van der Waals surface area contributed by atoms with Crippen LogP contribution in [0.4, 0.5) is 0 Å². The van der Waals surface area contributed by atoms with Crippen LogP contribution in [0.1, 0.15) is 31.2 Å². The number of benzene rings is 1. The summed E-state index contributed by atoms with van der Waals surface area (Å²) < 4.78 is 28.3. The van der Waals surface area contributed by atoms with Gasteiger partial charge in [-0.2, -0.15) is 4.31 Å². The molecule has 1 amide bonds. The summed E-state index contributed by atoms with van der Waals surface area (Å²) in [6, 6.07) is 11.8. The molecule has 4 rings (SSSR count). The van der Waals surface area contributed by atoms with Crippen LogP contribution in [-0.2, 0) is 21.4 Å². The van der Waals surface area contributed by atoms with Crippen molar-refractivity contribution in [2.24, 2.45) is 5.92 Å². The predicted molar refractivity (Wildman–Crippen MR) is 114 cm³/mol. The number of carbonyl (C=O) groups excluding carboxylic acids is 1. The minimum atomic E-state index is -3.42. The monoisotopic (exact) mass is 482 g/mol. The van der Waals surface area contributed by atoms with Gasteiger partial charge >= 0.3 is 0 Å². The van der Waals surface area contributed by atoms with Crippen molar-refractivity contribution < 1.29 is 13.2 Å². The van der Waals surface area contributed by atoms with Gasteiger partial charge in [-0.25, -0.2) is 8.42 Å². The van der Waals surface area contributed by atoms with E-state index in [4.69, 9.17) is 0 Å². The molecule has 5 nitrogen and oxygen atoms in total. The van der Waals surface area contributed by atoms with Gasteiger partial charge in [-0.3, -0.25) is 4.79 Å². The Morgan fingerprint density at radius 1 is 1.14 bits per heavy atom. The number of thiophene rings is 1. The van der Waals surface area contributed by atoms with Crippen LogP contribution in [0.5, 0.6) is 0 Å². The third-order valence-corrected chi connectivity index (χ3v) is 9.17. The zero-order valence-electron chi connectivity index (χ0n) is 15.5. The number of hydrogen-bond acceptors (Lipinski definition) is 4. The van der Waals surface area contributed by atoms with Crippen LogP contribution >= 0.6 is 27.3 Å². The highest BCUT2D eigenvalue weighted by Gasteiger charge is 2.38. The fraction of sp³-hybridized carbons (Fsp3) is 0.450. The first-order valence-electron chi connectivity index (χ1n) is 9.54. The Bertz CT molecular complexity index is 934. The van der Waals surface area contributed by atoms with Crippen molar-refractivity contribution in [1.29, 1.82) is 0 Å². The molecule has 0 spiro atoms. The van der Waals surface area contributed by atoms with E-state index in [0.29, 0.717) is 42.7 Å². The molecule has 1 saturated heterocycles. The van der Waals surface area contributed by atoms with Gasteiger partial charge < -0.3 is 4.90 Å². The Balaban J connectivity index is 1.41. The third-order valence-electron chi connectivity index (χ3n) is 5.41. The summed E-state index contributed by atoms with van der Waals surface area (Å²) in [6.45, 7) is 1.44. The van der Waals surface area contributed by atoms with E-state index in [1.807, 2.05) is 23.1 Å². The lowest BCUT2D eigenvalue weighted by molar-refractivity contribution is -0.138. The van der Waals surface area contributed by atoms with E-state index < -0.39 is 10.0 Å². The Morgan fingerprint density at radius 2 is 1.89 bits per heavy atom. The normalized spacial score (nSPS) is 18.9. The predicted octanol–water partition coefficient (Wildman–Crippen LogP) is 4.10. The summed E-state index contributed by atoms with van der Waals surface area (Å²) in [4.78, 5) is 15.2. The average Bonchev–Trinajstić information content (AvgIpc) is 3.37. The van der Waals surface area contributed by atoms with Gasteiger partial charge in [0.2, 0.25) is 5.91 Å². The van der Waals surface area contributed by atoms with E-state index in [9.17, 15) is 13.2 Å². The lowest BCUT2D eigenvalue weighted by atomic mass is 9.96. The van der Waals surface area contributed by atoms with Crippen LogP contribution in [0.3, 0.4) is 0 Å². The molecule has 1 saturated carbocycles. The number of hydrogen-bond donors (Lipinski definition) is 0. The maximum atomic E-state index is 13.2. The minimum absolute atomic E-state index is 0.0949. The minimum Gasteiger partial charge on any atom is -0.335 e. The molecule has 2 heterocycles. The summed E-state index contributed by atoms with van der Waals surface area (Å²) in [6.07, 6.45) is 3.30. The van der Waals surface area contributed by atoms with Crippen molar-refractivity contribution in [2.45, 2.75) is 42.5 Å². The topological polar surface area (TPSA) is 57.7 Å². The molecule has 2 fully saturated rings. The van der Waals surface area contributed by atoms with Crippen molar-refractivity contribution in [2.75, 3.05) is 13.1 Å². The summed E-state index contributed by atoms with van der Waals surface area (Å²) >= 11 is 4.74. The van der Waals surface area contributed by atoms with E-state index in [1.165, 1.54) is 15.6 Å². The fourth-order valence-corrected chi connectivity index (χ4v) is 6.78. The maximum absolute atomic E-state index is 13.2. The highest BCUT2D eigenvalue weighted by Crippen LogP contribution is 2.33. The Kier molecular flexibility index (Phi) is 5.92. The fourth-order valence-electron chi connectivity index (χ4n) is 3.72. The molecule has 0 bridgehead atoms. The molecule has 0 unspecified atom stereocenters. The van der Waals surface area contributed by atoms with Gasteiger partial charge in [0.25, 0.3) is 10.0 Å². The molecule has 0 N–H and O–H groups in total. The quantitative estimate of drug-likeness (QED) is 0.622. The van der Waals surface area contributed by atoms with Gasteiger partial charge in [-0.05, 0) is 54.8 Å². The maximum Gasteiger partial charge on any atom is 0.252 e. The van der Waals surface area contributed by atoms with Gasteiger partial charge in [0.15, 0.2) is 0 Å². The molecule has 1 aliphatic carbocycles. The van der Waals surface area contributed by atoms with Crippen LogP contribution < -0.4 is 0 Å². The number of nitrogens with zero attached hydrogens (tertiary/aromatic N) is 2. The van der Waals surface area contributed by atoms with Crippen molar-refractivity contribution in [3.63, 3.8) is 0 Å². The zero-order valence-corrected chi connectivity index (χ0v) is 18.7. The first-order valence-corrected chi connectivity index (χ1v) is 12.6. The van der Waals surface area contributed by atoms with E-state index >= 15 is 0 Å². The third kappa shape index (κ3) is 4.35. The van der Waals surface area contributed by atoms with Crippen LogP contribution in [0.2, 0.25) is 0 Å². The van der Waals surface area contributed by atoms with Gasteiger partial charge in [-0.15, -0.1) is 11.3 Å². The number of halogens is 1. The standard InChI is InChI=1S/C20H23BrN2O3S2/c21-17-4-1-3-15(13-17)14-23(18-6-7-18)20(24)16-8-10-22(11-9-16)28(25,26)19-5-2-12-27-19/h1-5,12-13,16,18H,6-11,14H2.